The van der Waals surface area contributed by atoms with Crippen molar-refractivity contribution in [3.05, 3.63) is 169 Å². The van der Waals surface area contributed by atoms with Crippen LogP contribution >= 0.6 is 68.0 Å². The van der Waals surface area contributed by atoms with Crippen LogP contribution in [0.4, 0.5) is 0 Å². The summed E-state index contributed by atoms with van der Waals surface area (Å²) in [6.45, 7) is 11.2. The van der Waals surface area contributed by atoms with Gasteiger partial charge in [0.2, 0.25) is 0 Å². The molecule has 0 N–H and O–H groups in total. The van der Waals surface area contributed by atoms with Crippen LogP contribution in [0.1, 0.15) is 283 Å². The smallest absolute Gasteiger partial charge is 0.160 e. The number of carbonyl (C=O) groups is 2. The Kier molecular flexibility index (Phi) is 24.2. The molecule has 496 valence electrons. The van der Waals surface area contributed by atoms with Gasteiger partial charge in [-0.15, -0.1) is 68.0 Å². The maximum atomic E-state index is 12.8. The topological polar surface area (TPSA) is 61.8 Å². The lowest BCUT2D eigenvalue weighted by Crippen LogP contribution is -2.29. The minimum atomic E-state index is -0.758. The van der Waals surface area contributed by atoms with Crippen LogP contribution in [0, 0.1) is 6.92 Å². The molecule has 12 rings (SSSR count). The molecule has 0 bridgehead atoms. The number of unbranched alkanes of at least 4 members (excludes halogenated alkanes) is 27. The molecule has 5 nitrogen and oxygen atoms in total. The van der Waals surface area contributed by atoms with E-state index in [1.54, 1.807) is 22.7 Å². The van der Waals surface area contributed by atoms with E-state index in [0.29, 0.717) is 19.8 Å². The maximum Gasteiger partial charge on any atom is 0.160 e. The molecule has 0 fully saturated rings. The second-order valence-corrected chi connectivity index (χ2v) is 33.1. The summed E-state index contributed by atoms with van der Waals surface area (Å²) in [5, 5.41) is 0. The Morgan fingerprint density at radius 2 is 0.564 bits per heavy atom. The first-order chi connectivity index (χ1) is 46.4. The predicted octanol–water partition coefficient (Wildman–Crippen LogP) is 27.1. The molecule has 1 unspecified atom stereocenters. The molecular formula is C83H98O5S6. The first-order valence-corrected chi connectivity index (χ1v) is 41.2. The van der Waals surface area contributed by atoms with E-state index in [1.807, 2.05) is 45.3 Å². The van der Waals surface area contributed by atoms with E-state index in [0.717, 1.165) is 68.2 Å². The number of fused-ring (bicyclic) bond motifs is 13. The number of benzene rings is 4. The van der Waals surface area contributed by atoms with Gasteiger partial charge in [-0.05, 0) is 97.0 Å². The van der Waals surface area contributed by atoms with E-state index in [4.69, 9.17) is 14.2 Å². The van der Waals surface area contributed by atoms with Gasteiger partial charge in [-0.25, -0.2) is 0 Å². The summed E-state index contributed by atoms with van der Waals surface area (Å²) in [5.74, 6) is 2.69. The maximum absolute atomic E-state index is 12.8. The summed E-state index contributed by atoms with van der Waals surface area (Å²) in [5.41, 5.74) is 9.75. The Morgan fingerprint density at radius 3 is 0.851 bits per heavy atom. The molecule has 4 aromatic carbocycles. The van der Waals surface area contributed by atoms with Gasteiger partial charge in [0.1, 0.15) is 17.2 Å². The molecule has 0 radical (unpaired) electrons. The minimum absolute atomic E-state index is 0.702. The van der Waals surface area contributed by atoms with Crippen molar-refractivity contribution in [2.24, 2.45) is 0 Å². The third-order valence-corrected chi connectivity index (χ3v) is 27.6. The summed E-state index contributed by atoms with van der Waals surface area (Å²) in [6.07, 6.45) is 40.7. The number of hydrogen-bond donors (Lipinski definition) is 0. The molecule has 1 atom stereocenters. The highest BCUT2D eigenvalue weighted by Crippen LogP contribution is 2.72. The number of ether oxygens (including phenoxy) is 3. The zero-order valence-electron chi connectivity index (χ0n) is 56.4. The van der Waals surface area contributed by atoms with Crippen molar-refractivity contribution in [2.45, 2.75) is 231 Å². The average molecular weight is 1370 g/mol. The summed E-state index contributed by atoms with van der Waals surface area (Å²) in [6, 6.07) is 40.9. The summed E-state index contributed by atoms with van der Waals surface area (Å²) < 4.78 is 27.1. The van der Waals surface area contributed by atoms with Crippen molar-refractivity contribution >= 4 is 109 Å². The third-order valence-electron chi connectivity index (χ3n) is 20.1. The summed E-state index contributed by atoms with van der Waals surface area (Å²) in [4.78, 5) is 32.3. The van der Waals surface area contributed by atoms with Crippen molar-refractivity contribution < 1.29 is 23.8 Å². The van der Waals surface area contributed by atoms with Crippen LogP contribution in [0.2, 0.25) is 0 Å². The molecule has 6 heterocycles. The van der Waals surface area contributed by atoms with E-state index in [2.05, 4.69) is 137 Å². The molecule has 0 spiro atoms. The average Bonchev–Trinajstić information content (AvgIpc) is 1.48. The van der Waals surface area contributed by atoms with E-state index in [1.165, 1.54) is 262 Å². The zero-order valence-corrected chi connectivity index (χ0v) is 61.3. The lowest BCUT2D eigenvalue weighted by atomic mass is 9.67. The first kappa shape index (κ1) is 68.5. The standard InChI is InChI=1S/C83H98O5S6/c1-5-8-11-14-17-20-23-26-29-32-51-86-63-45-39-60(40-46-63)82(59-37-35-58(4)36-38-59)70-74-68(54-66(56-84)89-74)91-76(70)78-72(82)80-81(93-78)73-79(94-80)77-71(75-69(92-77)55-67(57-85)90-75)83(73,61-41-47-64(48-42-61)87-52-33-30-27-24-21-18-15-12-9-6-2)62-43-49-65(50-44-62)88-53-34-31-28-25-22-19-16-13-10-7-3/h35-50,54-57H,5-34,51-53H2,1-4H3. The first-order valence-electron chi connectivity index (χ1n) is 36.3. The number of thiophene rings is 6. The summed E-state index contributed by atoms with van der Waals surface area (Å²) >= 11 is 10.9. The molecule has 11 heteroatoms. The number of rotatable bonds is 42. The normalized spacial score (nSPS) is 14.5. The molecule has 0 aliphatic heterocycles. The lowest BCUT2D eigenvalue weighted by molar-refractivity contribution is 0.111. The molecule has 0 saturated heterocycles. The summed E-state index contributed by atoms with van der Waals surface area (Å²) in [7, 11) is 0. The molecular weight excluding hydrogens is 1270 g/mol. The Bertz CT molecular complexity index is 3960. The van der Waals surface area contributed by atoms with Crippen molar-refractivity contribution in [1.29, 1.82) is 0 Å². The van der Waals surface area contributed by atoms with Crippen LogP contribution in [0.25, 0.3) is 47.7 Å². The highest BCUT2D eigenvalue weighted by Gasteiger charge is 2.56. The van der Waals surface area contributed by atoms with E-state index in [9.17, 15) is 9.59 Å². The monoisotopic (exact) mass is 1370 g/mol. The van der Waals surface area contributed by atoms with Gasteiger partial charge in [-0.1, -0.05) is 260 Å². The Labute approximate surface area is 584 Å². The minimum Gasteiger partial charge on any atom is -0.494 e. The largest absolute Gasteiger partial charge is 0.494 e. The van der Waals surface area contributed by atoms with Crippen molar-refractivity contribution in [2.75, 3.05) is 19.8 Å². The fourth-order valence-corrected chi connectivity index (χ4v) is 23.7. The number of carbonyl (C=O) groups excluding carboxylic acids is 2. The van der Waals surface area contributed by atoms with Gasteiger partial charge in [-0.2, -0.15) is 0 Å². The molecule has 94 heavy (non-hydrogen) atoms. The SMILES string of the molecule is CCCCCCCCCCCCOc1ccc(C2(c3ccc(C)cc3)c3c(sc4cc(C=O)sc34)-c3sc4c5c(sc4c32)-c2sc3cc(C=O)sc3c2C5(c2ccc(OCCCCCCCCCCCC)cc2)c2ccc(OCCCCCCCCCCCC)cc2)cc1. The highest BCUT2D eigenvalue weighted by atomic mass is 32.1. The molecule has 2 aliphatic rings. The fraction of sp³-hybridized carbons (Fsp3) is 0.470. The second-order valence-electron chi connectivity index (χ2n) is 26.8. The van der Waals surface area contributed by atoms with Crippen molar-refractivity contribution in [3.63, 3.8) is 0 Å². The van der Waals surface area contributed by atoms with Crippen molar-refractivity contribution in [3.8, 4) is 36.8 Å². The van der Waals surface area contributed by atoms with Gasteiger partial charge in [-0.3, -0.25) is 9.59 Å². The molecule has 0 saturated carbocycles. The number of aldehydes is 2. The quantitative estimate of drug-likeness (QED) is 0.0282. The second kappa shape index (κ2) is 33.2. The molecule has 10 aromatic rings. The predicted molar refractivity (Wildman–Crippen MR) is 408 cm³/mol. The molecule has 2 aliphatic carbocycles. The van der Waals surface area contributed by atoms with Crippen molar-refractivity contribution in [1.82, 2.24) is 0 Å². The zero-order chi connectivity index (χ0) is 64.7. The van der Waals surface area contributed by atoms with Crippen LogP contribution in [-0.4, -0.2) is 32.4 Å². The Hall–Kier alpha value is -5.40. The van der Waals surface area contributed by atoms with Gasteiger partial charge >= 0.3 is 0 Å². The van der Waals surface area contributed by atoms with Crippen LogP contribution in [-0.2, 0) is 10.8 Å². The van der Waals surface area contributed by atoms with Crippen LogP contribution in [0.15, 0.2) is 109 Å². The third kappa shape index (κ3) is 14.4. The molecule has 6 aromatic heterocycles. The van der Waals surface area contributed by atoms with E-state index in [-0.39, 0.29) is 0 Å². The number of aryl methyl sites for hydroxylation is 1. The van der Waals surface area contributed by atoms with E-state index >= 15 is 0 Å². The van der Waals surface area contributed by atoms with Gasteiger partial charge in [0, 0.05) is 31.7 Å². The lowest BCUT2D eigenvalue weighted by Gasteiger charge is -2.34. The number of hydrogen-bond acceptors (Lipinski definition) is 11. The van der Waals surface area contributed by atoms with Gasteiger partial charge < -0.3 is 14.2 Å². The Balaban J connectivity index is 0.935. The van der Waals surface area contributed by atoms with Gasteiger partial charge in [0.15, 0.2) is 12.6 Å². The van der Waals surface area contributed by atoms with Gasteiger partial charge in [0.25, 0.3) is 0 Å². The van der Waals surface area contributed by atoms with E-state index < -0.39 is 10.8 Å². The Morgan fingerprint density at radius 1 is 0.309 bits per heavy atom. The van der Waals surface area contributed by atoms with Crippen LogP contribution < -0.4 is 14.2 Å². The van der Waals surface area contributed by atoms with Gasteiger partial charge in [0.05, 0.1) is 78.7 Å². The van der Waals surface area contributed by atoms with Crippen LogP contribution in [0.3, 0.4) is 0 Å². The highest BCUT2D eigenvalue weighted by molar-refractivity contribution is 7.37. The fourth-order valence-electron chi connectivity index (χ4n) is 15.1. The van der Waals surface area contributed by atoms with Crippen LogP contribution in [0.5, 0.6) is 17.2 Å². The molecule has 0 amide bonds.